The molecule has 1 aliphatic carbocycles. The standard InChI is InChI=1S/C25H26N4O9/c1-38-25(37)24(36)28-12-17(27-22(34)15-7-3-2-4-8-15)23(35)29(19-10-6-5-9-18(19)28)13-20(31)26-16(14-30)11-21(32)33/h2-7,9-10,14-17H,8,11-13H2,1H3,(H,26,31)(H,27,34)(H,32,33)/t15?,16-,17-/m0/s1. The van der Waals surface area contributed by atoms with Crippen molar-refractivity contribution in [2.45, 2.75) is 24.9 Å². The highest BCUT2D eigenvalue weighted by atomic mass is 16.5. The van der Waals surface area contributed by atoms with Crippen molar-refractivity contribution in [2.75, 3.05) is 30.0 Å². The minimum absolute atomic E-state index is 0.0723. The quantitative estimate of drug-likeness (QED) is 0.225. The Labute approximate surface area is 217 Å². The van der Waals surface area contributed by atoms with Crippen molar-refractivity contribution in [2.24, 2.45) is 5.92 Å². The highest BCUT2D eigenvalue weighted by Gasteiger charge is 2.40. The zero-order valence-electron chi connectivity index (χ0n) is 20.4. The molecule has 0 bridgehead atoms. The number of aldehydes is 1. The number of anilines is 2. The summed E-state index contributed by atoms with van der Waals surface area (Å²) in [4.78, 5) is 88.6. The van der Waals surface area contributed by atoms with E-state index in [-0.39, 0.29) is 17.7 Å². The molecule has 0 aromatic heterocycles. The molecule has 38 heavy (non-hydrogen) atoms. The lowest BCUT2D eigenvalue weighted by molar-refractivity contribution is -0.151. The summed E-state index contributed by atoms with van der Waals surface area (Å²) in [5, 5.41) is 13.8. The van der Waals surface area contributed by atoms with Gasteiger partial charge in [-0.25, -0.2) is 4.79 Å². The van der Waals surface area contributed by atoms with E-state index < -0.39 is 73.1 Å². The number of nitrogens with zero attached hydrogens (tertiary/aromatic N) is 2. The lowest BCUT2D eigenvalue weighted by Gasteiger charge is -2.26. The van der Waals surface area contributed by atoms with Crippen molar-refractivity contribution in [3.63, 3.8) is 0 Å². The number of amides is 4. The fraction of sp³-hybridized carbons (Fsp3) is 0.320. The van der Waals surface area contributed by atoms with E-state index in [0.29, 0.717) is 6.42 Å². The van der Waals surface area contributed by atoms with Gasteiger partial charge in [0.2, 0.25) is 11.8 Å². The maximum atomic E-state index is 13.7. The van der Waals surface area contributed by atoms with E-state index in [1.807, 2.05) is 0 Å². The van der Waals surface area contributed by atoms with E-state index in [1.54, 1.807) is 30.4 Å². The fourth-order valence-corrected chi connectivity index (χ4v) is 4.02. The fourth-order valence-electron chi connectivity index (χ4n) is 4.02. The van der Waals surface area contributed by atoms with Crippen LogP contribution in [0.25, 0.3) is 0 Å². The van der Waals surface area contributed by atoms with Gasteiger partial charge in [-0.05, 0) is 18.6 Å². The number of esters is 1. The van der Waals surface area contributed by atoms with Crippen molar-refractivity contribution < 1.29 is 43.4 Å². The molecular weight excluding hydrogens is 500 g/mol. The molecule has 3 rings (SSSR count). The third-order valence-electron chi connectivity index (χ3n) is 5.84. The number of hydrogen-bond donors (Lipinski definition) is 3. The van der Waals surface area contributed by atoms with Crippen molar-refractivity contribution in [1.82, 2.24) is 10.6 Å². The molecule has 1 aromatic rings. The Morgan fingerprint density at radius 2 is 1.87 bits per heavy atom. The average Bonchev–Trinajstić information content (AvgIpc) is 3.02. The summed E-state index contributed by atoms with van der Waals surface area (Å²) < 4.78 is 4.56. The largest absolute Gasteiger partial charge is 0.481 e. The lowest BCUT2D eigenvalue weighted by Crippen LogP contribution is -2.56. The van der Waals surface area contributed by atoms with Crippen LogP contribution in [0.15, 0.2) is 48.6 Å². The minimum Gasteiger partial charge on any atom is -0.481 e. The van der Waals surface area contributed by atoms with Gasteiger partial charge < -0.3 is 25.3 Å². The summed E-state index contributed by atoms with van der Waals surface area (Å²) in [6.07, 6.45) is 6.86. The zero-order valence-corrected chi connectivity index (χ0v) is 20.4. The number of nitrogens with one attached hydrogen (secondary N) is 2. The van der Waals surface area contributed by atoms with Crippen LogP contribution in [-0.2, 0) is 38.3 Å². The predicted octanol–water partition coefficient (Wildman–Crippen LogP) is -0.685. The van der Waals surface area contributed by atoms with E-state index in [1.165, 1.54) is 18.2 Å². The van der Waals surface area contributed by atoms with Gasteiger partial charge in [0.15, 0.2) is 0 Å². The average molecular weight is 527 g/mol. The zero-order chi connectivity index (χ0) is 27.8. The van der Waals surface area contributed by atoms with Gasteiger partial charge >= 0.3 is 17.8 Å². The summed E-state index contributed by atoms with van der Waals surface area (Å²) in [6.45, 7) is -1.10. The number of rotatable bonds is 8. The number of allylic oxidation sites excluding steroid dienone is 3. The van der Waals surface area contributed by atoms with Gasteiger partial charge in [-0.15, -0.1) is 0 Å². The Morgan fingerprint density at radius 1 is 1.16 bits per heavy atom. The molecule has 1 heterocycles. The number of carbonyl (C=O) groups is 7. The smallest absolute Gasteiger partial charge is 0.397 e. The summed E-state index contributed by atoms with van der Waals surface area (Å²) in [6, 6.07) is 3.27. The molecular formula is C25H26N4O9. The van der Waals surface area contributed by atoms with Crippen LogP contribution in [0.5, 0.6) is 0 Å². The van der Waals surface area contributed by atoms with Crippen molar-refractivity contribution >= 4 is 53.2 Å². The molecule has 2 aliphatic rings. The molecule has 0 fully saturated rings. The molecule has 0 saturated carbocycles. The van der Waals surface area contributed by atoms with E-state index in [4.69, 9.17) is 5.11 Å². The van der Waals surface area contributed by atoms with Crippen molar-refractivity contribution in [3.8, 4) is 0 Å². The number of aliphatic carboxylic acids is 1. The Balaban J connectivity index is 1.97. The Bertz CT molecular complexity index is 1210. The molecule has 200 valence electrons. The highest BCUT2D eigenvalue weighted by Crippen LogP contribution is 2.33. The topological polar surface area (TPSA) is 179 Å². The Kier molecular flexibility index (Phi) is 9.09. The van der Waals surface area contributed by atoms with Crippen LogP contribution in [0.1, 0.15) is 12.8 Å². The lowest BCUT2D eigenvalue weighted by atomic mass is 9.99. The SMILES string of the molecule is COC(=O)C(=O)N1C[C@H](NC(=O)C2C=CC=CC2)C(=O)N(CC(=O)N[C@H](C=O)CC(=O)O)c2ccccc21. The second kappa shape index (κ2) is 12.4. The number of ether oxygens (including phenoxy) is 1. The van der Waals surface area contributed by atoms with Crippen LogP contribution in [0.2, 0.25) is 0 Å². The molecule has 13 nitrogen and oxygen atoms in total. The van der Waals surface area contributed by atoms with Gasteiger partial charge in [0, 0.05) is 0 Å². The molecule has 1 aliphatic heterocycles. The Morgan fingerprint density at radius 3 is 2.47 bits per heavy atom. The van der Waals surface area contributed by atoms with Crippen LogP contribution >= 0.6 is 0 Å². The molecule has 4 amide bonds. The molecule has 1 unspecified atom stereocenters. The third kappa shape index (κ3) is 6.49. The third-order valence-corrected chi connectivity index (χ3v) is 5.84. The Hall–Kier alpha value is -4.81. The van der Waals surface area contributed by atoms with Crippen LogP contribution in [0.3, 0.4) is 0 Å². The number of carboxylic acids is 1. The molecule has 3 N–H and O–H groups in total. The van der Waals surface area contributed by atoms with Crippen molar-refractivity contribution in [1.29, 1.82) is 0 Å². The van der Waals surface area contributed by atoms with Gasteiger partial charge in [0.25, 0.3) is 5.91 Å². The summed E-state index contributed by atoms with van der Waals surface area (Å²) in [5.41, 5.74) is 0.168. The van der Waals surface area contributed by atoms with E-state index in [0.717, 1.165) is 16.9 Å². The van der Waals surface area contributed by atoms with Gasteiger partial charge in [0.05, 0.1) is 43.4 Å². The second-order valence-corrected chi connectivity index (χ2v) is 8.44. The van der Waals surface area contributed by atoms with Gasteiger partial charge in [-0.2, -0.15) is 0 Å². The minimum atomic E-state index is -1.36. The van der Waals surface area contributed by atoms with Crippen molar-refractivity contribution in [3.05, 3.63) is 48.6 Å². The normalized spacial score (nSPS) is 19.0. The van der Waals surface area contributed by atoms with Gasteiger partial charge in [-0.3, -0.25) is 33.8 Å². The first-order valence-corrected chi connectivity index (χ1v) is 11.6. The number of hydrogen-bond acceptors (Lipinski definition) is 8. The highest BCUT2D eigenvalue weighted by molar-refractivity contribution is 6.38. The molecule has 1 aromatic carbocycles. The van der Waals surface area contributed by atoms with Crippen LogP contribution in [0, 0.1) is 5.92 Å². The van der Waals surface area contributed by atoms with Crippen LogP contribution in [-0.4, -0.2) is 79.2 Å². The molecule has 0 saturated heterocycles. The molecule has 0 radical (unpaired) electrons. The number of para-hydroxylation sites is 2. The molecule has 13 heteroatoms. The van der Waals surface area contributed by atoms with Gasteiger partial charge in [-0.1, -0.05) is 36.4 Å². The maximum absolute atomic E-state index is 13.7. The van der Waals surface area contributed by atoms with E-state index in [2.05, 4.69) is 15.4 Å². The predicted molar refractivity (Wildman–Crippen MR) is 132 cm³/mol. The first-order chi connectivity index (χ1) is 18.2. The first kappa shape index (κ1) is 27.8. The molecule has 3 atom stereocenters. The van der Waals surface area contributed by atoms with Gasteiger partial charge in [0.1, 0.15) is 18.9 Å². The number of methoxy groups -OCH3 is 1. The van der Waals surface area contributed by atoms with Crippen LogP contribution in [0.4, 0.5) is 11.4 Å². The summed E-state index contributed by atoms with van der Waals surface area (Å²) >= 11 is 0. The summed E-state index contributed by atoms with van der Waals surface area (Å²) in [5.74, 6) is -6.32. The second-order valence-electron chi connectivity index (χ2n) is 8.44. The van der Waals surface area contributed by atoms with E-state index in [9.17, 15) is 33.6 Å². The van der Waals surface area contributed by atoms with E-state index >= 15 is 0 Å². The van der Waals surface area contributed by atoms with Crippen LogP contribution < -0.4 is 20.4 Å². The number of carbonyl (C=O) groups excluding carboxylic acids is 6. The number of fused-ring (bicyclic) bond motifs is 1. The monoisotopic (exact) mass is 526 g/mol. The molecule has 0 spiro atoms. The number of carboxylic acid groups (broad SMARTS) is 1. The first-order valence-electron chi connectivity index (χ1n) is 11.6. The maximum Gasteiger partial charge on any atom is 0.397 e. The summed E-state index contributed by atoms with van der Waals surface area (Å²) in [7, 11) is 1.02. The number of benzene rings is 1.